The largest absolute Gasteiger partial charge is 0.472 e. The molecular formula is C22H27N7O2. The molecule has 1 N–H and O–H groups in total. The van der Waals surface area contributed by atoms with Gasteiger partial charge in [-0.2, -0.15) is 10.5 Å². The molecule has 31 heavy (non-hydrogen) atoms. The Labute approximate surface area is 182 Å². The third kappa shape index (κ3) is 4.47. The third-order valence-corrected chi connectivity index (χ3v) is 4.84. The number of nitriles is 2. The first kappa shape index (κ1) is 22.1. The van der Waals surface area contributed by atoms with E-state index in [1.807, 2.05) is 37.8 Å². The number of aromatic nitrogens is 2. The molecule has 0 radical (unpaired) electrons. The lowest BCUT2D eigenvalue weighted by Crippen LogP contribution is -2.49. The second-order valence-electron chi connectivity index (χ2n) is 8.08. The fraction of sp³-hybridized carbons (Fsp3) is 0.455. The molecule has 0 saturated carbocycles. The lowest BCUT2D eigenvalue weighted by molar-refractivity contribution is -0.0305. The molecule has 2 aliphatic rings. The van der Waals surface area contributed by atoms with Gasteiger partial charge in [-0.1, -0.05) is 12.7 Å². The summed E-state index contributed by atoms with van der Waals surface area (Å²) in [5.41, 5.74) is 1.07. The first-order chi connectivity index (χ1) is 14.7. The van der Waals surface area contributed by atoms with Crippen LogP contribution in [0.25, 0.3) is 0 Å². The molecule has 0 amide bonds. The number of rotatable bonds is 7. The van der Waals surface area contributed by atoms with Crippen molar-refractivity contribution in [3.63, 3.8) is 0 Å². The van der Waals surface area contributed by atoms with Crippen LogP contribution in [-0.2, 0) is 10.3 Å². The van der Waals surface area contributed by atoms with Gasteiger partial charge in [-0.15, -0.1) is 5.10 Å². The molecule has 162 valence electrons. The molecule has 1 fully saturated rings. The van der Waals surface area contributed by atoms with Crippen molar-refractivity contribution < 1.29 is 9.47 Å². The molecule has 0 aliphatic carbocycles. The molecule has 0 bridgehead atoms. The van der Waals surface area contributed by atoms with Crippen molar-refractivity contribution in [2.24, 2.45) is 4.99 Å². The summed E-state index contributed by atoms with van der Waals surface area (Å²) in [5, 5.41) is 26.6. The van der Waals surface area contributed by atoms with Crippen LogP contribution in [-0.4, -0.2) is 45.9 Å². The summed E-state index contributed by atoms with van der Waals surface area (Å²) in [4.78, 5) is 6.56. The highest BCUT2D eigenvalue weighted by Crippen LogP contribution is 2.31. The van der Waals surface area contributed by atoms with Gasteiger partial charge in [0, 0.05) is 5.57 Å². The van der Waals surface area contributed by atoms with Gasteiger partial charge in [-0.3, -0.25) is 0 Å². The van der Waals surface area contributed by atoms with Gasteiger partial charge >= 0.3 is 0 Å². The summed E-state index contributed by atoms with van der Waals surface area (Å²) in [6.45, 7) is 14.3. The van der Waals surface area contributed by atoms with Crippen LogP contribution in [0.15, 0.2) is 47.0 Å². The van der Waals surface area contributed by atoms with Crippen molar-refractivity contribution in [3.8, 4) is 18.0 Å². The van der Waals surface area contributed by atoms with Gasteiger partial charge in [0.2, 0.25) is 0 Å². The SMILES string of the molecule is C=C(/N=C1\C(=C/C)C=C(C#N)N1C1COC1)Nc1cn(C(C)(C)C#N)nc1OC(C)C. The zero-order chi connectivity index (χ0) is 22.8. The van der Waals surface area contributed by atoms with Crippen LogP contribution in [0, 0.1) is 22.7 Å². The van der Waals surface area contributed by atoms with E-state index in [2.05, 4.69) is 34.1 Å². The van der Waals surface area contributed by atoms with Crippen molar-refractivity contribution in [2.45, 2.75) is 52.3 Å². The summed E-state index contributed by atoms with van der Waals surface area (Å²) in [7, 11) is 0. The number of anilines is 1. The van der Waals surface area contributed by atoms with Crippen molar-refractivity contribution >= 4 is 11.5 Å². The van der Waals surface area contributed by atoms with E-state index >= 15 is 0 Å². The maximum atomic E-state index is 9.55. The predicted octanol–water partition coefficient (Wildman–Crippen LogP) is 3.28. The maximum Gasteiger partial charge on any atom is 0.257 e. The van der Waals surface area contributed by atoms with Crippen LogP contribution in [0.2, 0.25) is 0 Å². The fourth-order valence-corrected chi connectivity index (χ4v) is 3.10. The molecule has 0 aromatic carbocycles. The molecule has 3 rings (SSSR count). The second kappa shape index (κ2) is 8.66. The highest BCUT2D eigenvalue weighted by atomic mass is 16.5. The topological polar surface area (TPSA) is 111 Å². The fourth-order valence-electron chi connectivity index (χ4n) is 3.10. The van der Waals surface area contributed by atoms with E-state index in [4.69, 9.17) is 9.47 Å². The molecule has 0 unspecified atom stereocenters. The molecule has 9 nitrogen and oxygen atoms in total. The summed E-state index contributed by atoms with van der Waals surface area (Å²) >= 11 is 0. The molecule has 1 saturated heterocycles. The molecule has 9 heteroatoms. The van der Waals surface area contributed by atoms with E-state index in [0.717, 1.165) is 5.57 Å². The van der Waals surface area contributed by atoms with E-state index < -0.39 is 5.54 Å². The average molecular weight is 422 g/mol. The molecule has 1 aromatic heterocycles. The average Bonchev–Trinajstić information content (AvgIpc) is 3.22. The molecule has 0 spiro atoms. The van der Waals surface area contributed by atoms with E-state index in [0.29, 0.717) is 42.1 Å². The first-order valence-corrected chi connectivity index (χ1v) is 10.1. The van der Waals surface area contributed by atoms with Crippen molar-refractivity contribution in [3.05, 3.63) is 42.0 Å². The molecule has 2 aliphatic heterocycles. The number of allylic oxidation sites excluding steroid dienone is 2. The third-order valence-electron chi connectivity index (χ3n) is 4.84. The lowest BCUT2D eigenvalue weighted by atomic mass is 10.1. The van der Waals surface area contributed by atoms with E-state index in [1.54, 1.807) is 24.7 Å². The standard InChI is InChI=1S/C22H27N7O2/c1-7-16-8-17(9-23)29(18-11-30-12-18)20(16)26-15(4)25-19-10-28(22(5,6)13-24)27-21(19)31-14(2)3/h7-8,10,14,18,25H,4,11-12H2,1-3,5-6H3/b16-7-,26-20+. The van der Waals surface area contributed by atoms with Gasteiger partial charge in [-0.25, -0.2) is 9.67 Å². The van der Waals surface area contributed by atoms with E-state index in [1.165, 1.54) is 0 Å². The predicted molar refractivity (Wildman–Crippen MR) is 117 cm³/mol. The van der Waals surface area contributed by atoms with Gasteiger partial charge in [0.05, 0.1) is 37.6 Å². The van der Waals surface area contributed by atoms with Crippen LogP contribution in [0.4, 0.5) is 5.69 Å². The van der Waals surface area contributed by atoms with Crippen LogP contribution >= 0.6 is 0 Å². The minimum Gasteiger partial charge on any atom is -0.472 e. The summed E-state index contributed by atoms with van der Waals surface area (Å²) < 4.78 is 12.7. The monoisotopic (exact) mass is 421 g/mol. The smallest absolute Gasteiger partial charge is 0.257 e. The Balaban J connectivity index is 1.91. The maximum absolute atomic E-state index is 9.55. The lowest BCUT2D eigenvalue weighted by Gasteiger charge is -2.36. The number of ether oxygens (including phenoxy) is 2. The molecule has 0 atom stereocenters. The van der Waals surface area contributed by atoms with Gasteiger partial charge in [0.1, 0.15) is 34.6 Å². The van der Waals surface area contributed by atoms with E-state index in [9.17, 15) is 10.5 Å². The van der Waals surface area contributed by atoms with Gasteiger partial charge in [0.15, 0.2) is 0 Å². The number of aliphatic imine (C=N–C) groups is 1. The van der Waals surface area contributed by atoms with Crippen molar-refractivity contribution in [1.82, 2.24) is 14.7 Å². The van der Waals surface area contributed by atoms with E-state index in [-0.39, 0.29) is 12.1 Å². The van der Waals surface area contributed by atoms with Crippen molar-refractivity contribution in [2.75, 3.05) is 18.5 Å². The molecule has 1 aromatic rings. The van der Waals surface area contributed by atoms with Crippen LogP contribution < -0.4 is 10.1 Å². The summed E-state index contributed by atoms with van der Waals surface area (Å²) in [5.74, 6) is 1.36. The Bertz CT molecular complexity index is 1040. The Morgan fingerprint density at radius 3 is 2.68 bits per heavy atom. The van der Waals surface area contributed by atoms with Gasteiger partial charge in [-0.05, 0) is 40.7 Å². The molecule has 3 heterocycles. The minimum absolute atomic E-state index is 0.0638. The van der Waals surface area contributed by atoms with Crippen LogP contribution in [0.5, 0.6) is 5.88 Å². The van der Waals surface area contributed by atoms with Crippen LogP contribution in [0.3, 0.4) is 0 Å². The number of nitrogens with zero attached hydrogens (tertiary/aromatic N) is 6. The normalized spacial score (nSPS) is 19.2. The summed E-state index contributed by atoms with van der Waals surface area (Å²) in [6.07, 6.45) is 5.32. The highest BCUT2D eigenvalue weighted by molar-refractivity contribution is 6.06. The van der Waals surface area contributed by atoms with Crippen molar-refractivity contribution in [1.29, 1.82) is 10.5 Å². The van der Waals surface area contributed by atoms with Crippen LogP contribution in [0.1, 0.15) is 34.6 Å². The quantitative estimate of drug-likeness (QED) is 0.719. The zero-order valence-electron chi connectivity index (χ0n) is 18.5. The Morgan fingerprint density at radius 1 is 1.45 bits per heavy atom. The summed E-state index contributed by atoms with van der Waals surface area (Å²) in [6, 6.07) is 4.52. The number of nitrogens with one attached hydrogen (secondary N) is 1. The number of amidine groups is 1. The Hall–Kier alpha value is -3.56. The number of hydrogen-bond donors (Lipinski definition) is 1. The first-order valence-electron chi connectivity index (χ1n) is 10.1. The minimum atomic E-state index is -0.849. The van der Waals surface area contributed by atoms with Gasteiger partial charge < -0.3 is 19.7 Å². The van der Waals surface area contributed by atoms with Gasteiger partial charge in [0.25, 0.3) is 5.88 Å². The molecular weight excluding hydrogens is 394 g/mol. The highest BCUT2D eigenvalue weighted by Gasteiger charge is 2.36. The zero-order valence-corrected chi connectivity index (χ0v) is 18.5. The second-order valence-corrected chi connectivity index (χ2v) is 8.08. The Kier molecular flexibility index (Phi) is 6.19. The Morgan fingerprint density at radius 2 is 2.16 bits per heavy atom. The number of hydrogen-bond acceptors (Lipinski definition) is 7.